The molecule has 9 heteroatoms. The maximum Gasteiger partial charge on any atom is 0.288 e. The molecule has 0 saturated carbocycles. The summed E-state index contributed by atoms with van der Waals surface area (Å²) in [4.78, 5) is 34.7. The van der Waals surface area contributed by atoms with Crippen LogP contribution < -0.4 is 10.6 Å². The maximum absolute atomic E-state index is 12.2. The van der Waals surface area contributed by atoms with Gasteiger partial charge in [0.05, 0.1) is 4.92 Å². The van der Waals surface area contributed by atoms with Gasteiger partial charge in [0.25, 0.3) is 11.6 Å². The second-order valence-corrected chi connectivity index (χ2v) is 7.18. The Bertz CT molecular complexity index is 1180. The lowest BCUT2D eigenvalue weighted by molar-refractivity contribution is -0.384. The highest BCUT2D eigenvalue weighted by atomic mass is 35.5. The largest absolute Gasteiger partial charge is 0.323 e. The molecule has 2 amide bonds. The molecule has 0 aliphatic heterocycles. The van der Waals surface area contributed by atoms with Crippen LogP contribution in [0.4, 0.5) is 17.1 Å². The zero-order valence-corrected chi connectivity index (χ0v) is 17.4. The quantitative estimate of drug-likeness (QED) is 0.278. The zero-order valence-electron chi connectivity index (χ0n) is 15.8. The van der Waals surface area contributed by atoms with E-state index in [4.69, 9.17) is 23.2 Å². The van der Waals surface area contributed by atoms with Gasteiger partial charge in [-0.3, -0.25) is 19.7 Å². The van der Waals surface area contributed by atoms with Crippen molar-refractivity contribution in [2.45, 2.75) is 0 Å². The van der Waals surface area contributed by atoms with E-state index in [1.807, 2.05) is 0 Å². The van der Waals surface area contributed by atoms with Gasteiger partial charge >= 0.3 is 0 Å². The van der Waals surface area contributed by atoms with Crippen LogP contribution in [0.5, 0.6) is 0 Å². The summed E-state index contributed by atoms with van der Waals surface area (Å²) in [7, 11) is 0. The van der Waals surface area contributed by atoms with Crippen molar-refractivity contribution in [3.8, 4) is 0 Å². The van der Waals surface area contributed by atoms with Crippen molar-refractivity contribution in [3.63, 3.8) is 0 Å². The molecule has 0 fully saturated rings. The SMILES string of the molecule is O=C(C=Cc1ccc(Cl)c([N+](=O)[O-])c1)Nc1ccc(NC(=O)c2cccc(Cl)c2)cc1. The van der Waals surface area contributed by atoms with Crippen molar-refractivity contribution in [1.82, 2.24) is 0 Å². The van der Waals surface area contributed by atoms with Crippen molar-refractivity contribution >= 4 is 58.2 Å². The molecule has 0 atom stereocenters. The molecule has 0 spiro atoms. The van der Waals surface area contributed by atoms with E-state index in [1.165, 1.54) is 24.3 Å². The van der Waals surface area contributed by atoms with Crippen molar-refractivity contribution in [1.29, 1.82) is 0 Å². The van der Waals surface area contributed by atoms with Gasteiger partial charge in [-0.1, -0.05) is 35.3 Å². The third kappa shape index (κ3) is 6.15. The third-order valence-electron chi connectivity index (χ3n) is 4.09. The summed E-state index contributed by atoms with van der Waals surface area (Å²) < 4.78 is 0. The lowest BCUT2D eigenvalue weighted by atomic mass is 10.2. The first-order valence-electron chi connectivity index (χ1n) is 8.92. The number of nitrogens with zero attached hydrogens (tertiary/aromatic N) is 1. The number of nitrogens with one attached hydrogen (secondary N) is 2. The Morgan fingerprint density at radius 1 is 0.903 bits per heavy atom. The fourth-order valence-electron chi connectivity index (χ4n) is 2.60. The fourth-order valence-corrected chi connectivity index (χ4v) is 2.98. The highest BCUT2D eigenvalue weighted by molar-refractivity contribution is 6.32. The number of carbonyl (C=O) groups excluding carboxylic acids is 2. The van der Waals surface area contributed by atoms with Crippen molar-refractivity contribution < 1.29 is 14.5 Å². The highest BCUT2D eigenvalue weighted by Gasteiger charge is 2.12. The molecule has 0 unspecified atom stereocenters. The first kappa shape index (κ1) is 22.0. The van der Waals surface area contributed by atoms with Crippen LogP contribution in [-0.4, -0.2) is 16.7 Å². The molecular weight excluding hydrogens is 441 g/mol. The number of hydrogen-bond acceptors (Lipinski definition) is 4. The second-order valence-electron chi connectivity index (χ2n) is 6.33. The van der Waals surface area contributed by atoms with E-state index in [-0.39, 0.29) is 16.6 Å². The van der Waals surface area contributed by atoms with Crippen molar-refractivity contribution in [2.24, 2.45) is 0 Å². The van der Waals surface area contributed by atoms with Crippen molar-refractivity contribution in [3.05, 3.63) is 104 Å². The van der Waals surface area contributed by atoms with Gasteiger partial charge in [-0.05, 0) is 60.2 Å². The average Bonchev–Trinajstić information content (AvgIpc) is 2.74. The molecule has 2 N–H and O–H groups in total. The molecule has 0 heterocycles. The Morgan fingerprint density at radius 2 is 1.58 bits per heavy atom. The van der Waals surface area contributed by atoms with Crippen molar-refractivity contribution in [2.75, 3.05) is 10.6 Å². The number of amides is 2. The monoisotopic (exact) mass is 455 g/mol. The number of nitro benzene ring substituents is 1. The minimum absolute atomic E-state index is 0.0224. The van der Waals surface area contributed by atoms with Crippen LogP contribution in [-0.2, 0) is 4.79 Å². The normalized spacial score (nSPS) is 10.6. The van der Waals surface area contributed by atoms with Crippen LogP contribution in [0.1, 0.15) is 15.9 Å². The Hall–Kier alpha value is -3.68. The van der Waals surface area contributed by atoms with Gasteiger partial charge in [-0.2, -0.15) is 0 Å². The Kier molecular flexibility index (Phi) is 7.02. The average molecular weight is 456 g/mol. The summed E-state index contributed by atoms with van der Waals surface area (Å²) in [5.74, 6) is -0.729. The van der Waals surface area contributed by atoms with Crippen LogP contribution in [0, 0.1) is 10.1 Å². The number of carbonyl (C=O) groups is 2. The van der Waals surface area contributed by atoms with E-state index in [2.05, 4.69) is 10.6 Å². The Morgan fingerprint density at radius 3 is 2.23 bits per heavy atom. The Balaban J connectivity index is 1.60. The molecule has 0 saturated heterocycles. The molecular formula is C22H15Cl2N3O4. The molecule has 0 aliphatic carbocycles. The second kappa shape index (κ2) is 9.88. The molecule has 7 nitrogen and oxygen atoms in total. The first-order chi connectivity index (χ1) is 14.8. The van der Waals surface area contributed by atoms with E-state index in [0.717, 1.165) is 0 Å². The Labute approximate surface area is 187 Å². The van der Waals surface area contributed by atoms with E-state index < -0.39 is 10.8 Å². The maximum atomic E-state index is 12.2. The number of anilines is 2. The van der Waals surface area contributed by atoms with Gasteiger partial charge < -0.3 is 10.6 Å². The lowest BCUT2D eigenvalue weighted by Crippen LogP contribution is -2.12. The first-order valence-corrected chi connectivity index (χ1v) is 9.67. The zero-order chi connectivity index (χ0) is 22.4. The highest BCUT2D eigenvalue weighted by Crippen LogP contribution is 2.25. The molecule has 3 rings (SSSR count). The summed E-state index contributed by atoms with van der Waals surface area (Å²) in [5, 5.41) is 16.8. The molecule has 0 bridgehead atoms. The molecule has 3 aromatic carbocycles. The number of halogens is 2. The summed E-state index contributed by atoms with van der Waals surface area (Å²) >= 11 is 11.7. The molecule has 3 aromatic rings. The molecule has 156 valence electrons. The molecule has 0 aromatic heterocycles. The summed E-state index contributed by atoms with van der Waals surface area (Å²) in [5.41, 5.74) is 1.71. The molecule has 0 radical (unpaired) electrons. The van der Waals surface area contributed by atoms with Gasteiger partial charge in [-0.25, -0.2) is 0 Å². The minimum Gasteiger partial charge on any atom is -0.323 e. The number of benzene rings is 3. The number of hydrogen-bond donors (Lipinski definition) is 2. The van der Waals surface area contributed by atoms with E-state index >= 15 is 0 Å². The van der Waals surface area contributed by atoms with Crippen LogP contribution >= 0.6 is 23.2 Å². The van der Waals surface area contributed by atoms with Gasteiger partial charge in [-0.15, -0.1) is 0 Å². The van der Waals surface area contributed by atoms with E-state index in [9.17, 15) is 19.7 Å². The molecule has 0 aliphatic rings. The van der Waals surface area contributed by atoms with Gasteiger partial charge in [0, 0.05) is 34.1 Å². The van der Waals surface area contributed by atoms with Crippen LogP contribution in [0.2, 0.25) is 10.0 Å². The summed E-state index contributed by atoms with van der Waals surface area (Å²) in [6, 6.07) is 17.4. The topological polar surface area (TPSA) is 101 Å². The molecule has 31 heavy (non-hydrogen) atoms. The van der Waals surface area contributed by atoms with Crippen LogP contribution in [0.15, 0.2) is 72.8 Å². The van der Waals surface area contributed by atoms with E-state index in [1.54, 1.807) is 54.6 Å². The summed E-state index contributed by atoms with van der Waals surface area (Å²) in [6.45, 7) is 0. The van der Waals surface area contributed by atoms with Gasteiger partial charge in [0.1, 0.15) is 5.02 Å². The summed E-state index contributed by atoms with van der Waals surface area (Å²) in [6.07, 6.45) is 2.69. The standard InChI is InChI=1S/C22H15Cl2N3O4/c23-16-3-1-2-15(13-16)22(29)26-18-8-6-17(7-9-18)25-21(28)11-5-14-4-10-19(24)20(12-14)27(30)31/h1-13H,(H,25,28)(H,26,29). The predicted octanol–water partition coefficient (Wildman–Crippen LogP) is 5.81. The smallest absolute Gasteiger partial charge is 0.288 e. The number of nitro groups is 1. The lowest BCUT2D eigenvalue weighted by Gasteiger charge is -2.07. The number of rotatable bonds is 6. The van der Waals surface area contributed by atoms with E-state index in [0.29, 0.717) is 27.5 Å². The third-order valence-corrected chi connectivity index (χ3v) is 4.65. The van der Waals surface area contributed by atoms with Crippen LogP contribution in [0.3, 0.4) is 0 Å². The fraction of sp³-hybridized carbons (Fsp3) is 0. The predicted molar refractivity (Wildman–Crippen MR) is 122 cm³/mol. The van der Waals surface area contributed by atoms with Crippen LogP contribution in [0.25, 0.3) is 6.08 Å². The van der Waals surface area contributed by atoms with Gasteiger partial charge in [0.2, 0.25) is 5.91 Å². The minimum atomic E-state index is -0.591. The van der Waals surface area contributed by atoms with Gasteiger partial charge in [0.15, 0.2) is 0 Å².